The fraction of sp³-hybridized carbons (Fsp3) is 0.696. The Balaban J connectivity index is 2.13. The van der Waals surface area contributed by atoms with E-state index in [1.165, 1.54) is 0 Å². The maximum absolute atomic E-state index is 12.7. The number of rotatable bonds is 17. The number of nitrogen functional groups attached to an aromatic ring is 2. The van der Waals surface area contributed by atoms with E-state index in [-0.39, 0.29) is 40.9 Å². The highest BCUT2D eigenvalue weighted by molar-refractivity contribution is 6.31. The number of anilines is 2. The summed E-state index contributed by atoms with van der Waals surface area (Å²) in [6.45, 7) is 2.01. The zero-order valence-corrected chi connectivity index (χ0v) is 21.9. The maximum Gasteiger partial charge on any atom is 0.283 e. The fourth-order valence-corrected chi connectivity index (χ4v) is 3.69. The maximum atomic E-state index is 12.7. The summed E-state index contributed by atoms with van der Waals surface area (Å²) in [6, 6.07) is 0. The number of hydrogen-bond donors (Lipinski definition) is 5. The summed E-state index contributed by atoms with van der Waals surface area (Å²) < 4.78 is 0. The molecular weight excluding hydrogens is 470 g/mol. The van der Waals surface area contributed by atoms with Gasteiger partial charge in [-0.2, -0.15) is 0 Å². The predicted molar refractivity (Wildman–Crippen MR) is 141 cm³/mol. The van der Waals surface area contributed by atoms with E-state index in [9.17, 15) is 9.59 Å². The first-order valence-corrected chi connectivity index (χ1v) is 12.7. The van der Waals surface area contributed by atoms with Crippen molar-refractivity contribution in [3.63, 3.8) is 0 Å². The summed E-state index contributed by atoms with van der Waals surface area (Å²) in [7, 11) is 4.06. The smallest absolute Gasteiger partial charge is 0.283 e. The second-order valence-corrected chi connectivity index (χ2v) is 9.27. The van der Waals surface area contributed by atoms with Gasteiger partial charge in [0.1, 0.15) is 0 Å². The molecule has 12 heteroatoms. The molecule has 0 radical (unpaired) electrons. The lowest BCUT2D eigenvalue weighted by Crippen LogP contribution is -2.42. The summed E-state index contributed by atoms with van der Waals surface area (Å²) in [5, 5.41) is 10.6. The van der Waals surface area contributed by atoms with Crippen LogP contribution in [-0.4, -0.2) is 71.3 Å². The van der Waals surface area contributed by atoms with Crippen LogP contribution < -0.4 is 22.5 Å². The van der Waals surface area contributed by atoms with Gasteiger partial charge in [0.05, 0.1) is 0 Å². The lowest BCUT2D eigenvalue weighted by atomic mass is 10.1. The van der Waals surface area contributed by atoms with Gasteiger partial charge in [0.25, 0.3) is 5.91 Å². The van der Waals surface area contributed by atoms with E-state index in [2.05, 4.69) is 20.2 Å². The number of amides is 2. The van der Waals surface area contributed by atoms with Crippen molar-refractivity contribution in [2.24, 2.45) is 5.73 Å². The number of nitrogens with one attached hydrogen (secondary N) is 2. The Bertz CT molecular complexity index is 820. The van der Waals surface area contributed by atoms with Gasteiger partial charge < -0.3 is 27.4 Å². The number of nitrogens with two attached hydrogens (primary N) is 3. The van der Waals surface area contributed by atoms with E-state index >= 15 is 0 Å². The van der Waals surface area contributed by atoms with E-state index in [0.29, 0.717) is 12.8 Å². The van der Waals surface area contributed by atoms with E-state index in [4.69, 9.17) is 34.2 Å². The SMILES string of the molecule is CN(C)CCCNC(=O)CCCCCCCCCCCN(C(=N)N)C(=O)c1nc(Cl)c(N)nc1N. The van der Waals surface area contributed by atoms with Gasteiger partial charge in [0, 0.05) is 19.5 Å². The van der Waals surface area contributed by atoms with Gasteiger partial charge >= 0.3 is 0 Å². The molecule has 0 spiro atoms. The Kier molecular flexibility index (Phi) is 14.6. The minimum absolute atomic E-state index is 0.0632. The third-order valence-corrected chi connectivity index (χ3v) is 5.81. The normalized spacial score (nSPS) is 11.0. The molecule has 0 saturated heterocycles. The molecule has 0 aromatic carbocycles. The molecule has 2 amide bonds. The van der Waals surface area contributed by atoms with Crippen LogP contribution in [0.25, 0.3) is 0 Å². The summed E-state index contributed by atoms with van der Waals surface area (Å²) in [5.41, 5.74) is 16.7. The Morgan fingerprint density at radius 1 is 0.886 bits per heavy atom. The quantitative estimate of drug-likeness (QED) is 0.120. The molecular formula is C23H42ClN9O2. The second kappa shape index (κ2) is 16.9. The average molecular weight is 512 g/mol. The van der Waals surface area contributed by atoms with Crippen molar-refractivity contribution in [1.82, 2.24) is 25.1 Å². The van der Waals surface area contributed by atoms with Crippen LogP contribution in [0.2, 0.25) is 5.15 Å². The van der Waals surface area contributed by atoms with Gasteiger partial charge in [-0.25, -0.2) is 9.97 Å². The molecule has 0 bridgehead atoms. The van der Waals surface area contributed by atoms with Crippen molar-refractivity contribution in [3.05, 3.63) is 10.8 Å². The standard InChI is InChI=1S/C23H42ClN9O2/c1-32(2)15-12-14-29-17(34)13-10-8-6-4-3-5-7-9-11-16-33(23(27)28)22(35)18-20(25)31-21(26)19(24)30-18/h3-16H2,1-2H3,(H3,27,28)(H,29,34)(H4,25,26,31). The van der Waals surface area contributed by atoms with Crippen LogP contribution in [0, 0.1) is 5.41 Å². The summed E-state index contributed by atoms with van der Waals surface area (Å²) >= 11 is 5.85. The molecule has 0 saturated carbocycles. The van der Waals surface area contributed by atoms with Gasteiger partial charge in [-0.3, -0.25) is 19.9 Å². The van der Waals surface area contributed by atoms with Gasteiger partial charge in [-0.1, -0.05) is 56.5 Å². The van der Waals surface area contributed by atoms with Crippen molar-refractivity contribution in [1.29, 1.82) is 5.41 Å². The Morgan fingerprint density at radius 3 is 2.03 bits per heavy atom. The van der Waals surface area contributed by atoms with Crippen LogP contribution >= 0.6 is 11.6 Å². The van der Waals surface area contributed by atoms with Crippen molar-refractivity contribution in [2.75, 3.05) is 45.2 Å². The lowest BCUT2D eigenvalue weighted by molar-refractivity contribution is -0.121. The molecule has 0 unspecified atom stereocenters. The first-order valence-electron chi connectivity index (χ1n) is 12.3. The zero-order chi connectivity index (χ0) is 26.2. The molecule has 1 rings (SSSR count). The molecule has 1 aromatic heterocycles. The number of hydrogen-bond acceptors (Lipinski definition) is 8. The summed E-state index contributed by atoms with van der Waals surface area (Å²) in [5.74, 6) is -1.07. The topological polar surface area (TPSA) is 180 Å². The molecule has 198 valence electrons. The molecule has 1 aromatic rings. The minimum atomic E-state index is -0.619. The number of unbranched alkanes of at least 4 members (excludes halogenated alkanes) is 8. The van der Waals surface area contributed by atoms with E-state index in [1.54, 1.807) is 0 Å². The predicted octanol–water partition coefficient (Wildman–Crippen LogP) is 2.60. The minimum Gasteiger partial charge on any atom is -0.382 e. The molecule has 35 heavy (non-hydrogen) atoms. The Labute approximate surface area is 213 Å². The lowest BCUT2D eigenvalue weighted by Gasteiger charge is -2.20. The van der Waals surface area contributed by atoms with Gasteiger partial charge in [0.15, 0.2) is 28.4 Å². The van der Waals surface area contributed by atoms with Crippen molar-refractivity contribution in [2.45, 2.75) is 70.6 Å². The zero-order valence-electron chi connectivity index (χ0n) is 21.1. The summed E-state index contributed by atoms with van der Waals surface area (Å²) in [4.78, 5) is 35.4. The van der Waals surface area contributed by atoms with Crippen LogP contribution in [0.3, 0.4) is 0 Å². The van der Waals surface area contributed by atoms with Crippen LogP contribution in [0.4, 0.5) is 11.6 Å². The van der Waals surface area contributed by atoms with Crippen LogP contribution in [0.1, 0.15) is 81.1 Å². The second-order valence-electron chi connectivity index (χ2n) is 8.91. The highest BCUT2D eigenvalue weighted by Gasteiger charge is 2.23. The van der Waals surface area contributed by atoms with E-state index in [1.807, 2.05) is 14.1 Å². The van der Waals surface area contributed by atoms with Crippen molar-refractivity contribution < 1.29 is 9.59 Å². The number of aromatic nitrogens is 2. The number of halogens is 1. The molecule has 0 fully saturated rings. The highest BCUT2D eigenvalue weighted by Crippen LogP contribution is 2.19. The van der Waals surface area contributed by atoms with Crippen LogP contribution in [0.15, 0.2) is 0 Å². The van der Waals surface area contributed by atoms with E-state index in [0.717, 1.165) is 75.8 Å². The Hall–Kier alpha value is -2.66. The molecule has 8 N–H and O–H groups in total. The average Bonchev–Trinajstić information content (AvgIpc) is 2.79. The van der Waals surface area contributed by atoms with Gasteiger partial charge in [-0.15, -0.1) is 0 Å². The number of carbonyl (C=O) groups is 2. The Morgan fingerprint density at radius 2 is 1.46 bits per heavy atom. The molecule has 11 nitrogen and oxygen atoms in total. The number of guanidine groups is 1. The highest BCUT2D eigenvalue weighted by atomic mass is 35.5. The monoisotopic (exact) mass is 511 g/mol. The van der Waals surface area contributed by atoms with Crippen LogP contribution in [-0.2, 0) is 4.79 Å². The molecule has 0 aliphatic heterocycles. The van der Waals surface area contributed by atoms with Crippen LogP contribution in [0.5, 0.6) is 0 Å². The molecule has 0 atom stereocenters. The first kappa shape index (κ1) is 30.4. The van der Waals surface area contributed by atoms with E-state index < -0.39 is 5.91 Å². The molecule has 1 heterocycles. The van der Waals surface area contributed by atoms with Crippen molar-refractivity contribution in [3.8, 4) is 0 Å². The fourth-order valence-electron chi connectivity index (χ4n) is 3.56. The third kappa shape index (κ3) is 12.6. The molecule has 0 aliphatic carbocycles. The number of carbonyl (C=O) groups excluding carboxylic acids is 2. The van der Waals surface area contributed by atoms with Crippen molar-refractivity contribution >= 4 is 41.0 Å². The first-order chi connectivity index (χ1) is 16.6. The summed E-state index contributed by atoms with van der Waals surface area (Å²) in [6.07, 6.45) is 10.8. The van der Waals surface area contributed by atoms with Gasteiger partial charge in [-0.05, 0) is 39.9 Å². The largest absolute Gasteiger partial charge is 0.382 e. The molecule has 0 aliphatic rings. The number of nitrogens with zero attached hydrogens (tertiary/aromatic N) is 4. The third-order valence-electron chi connectivity index (χ3n) is 5.53. The van der Waals surface area contributed by atoms with Gasteiger partial charge in [0.2, 0.25) is 5.91 Å².